The first-order valence-electron chi connectivity index (χ1n) is 9.59. The van der Waals surface area contributed by atoms with Crippen LogP contribution in [0.5, 0.6) is 0 Å². The third-order valence-electron chi connectivity index (χ3n) is 5.09. The number of carbonyl (C=O) groups is 1. The van der Waals surface area contributed by atoms with Crippen LogP contribution >= 0.6 is 0 Å². The molecule has 0 aromatic heterocycles. The topological polar surface area (TPSA) is 37.3 Å². The number of allylic oxidation sites excluding steroid dienone is 2. The van der Waals surface area contributed by atoms with Crippen LogP contribution in [0.25, 0.3) is 23.3 Å². The van der Waals surface area contributed by atoms with Crippen LogP contribution in [0.2, 0.25) is 0 Å². The van der Waals surface area contributed by atoms with Crippen molar-refractivity contribution in [3.63, 3.8) is 0 Å². The van der Waals surface area contributed by atoms with E-state index in [9.17, 15) is 4.79 Å². The van der Waals surface area contributed by atoms with Gasteiger partial charge in [0.15, 0.2) is 0 Å². The summed E-state index contributed by atoms with van der Waals surface area (Å²) in [6.07, 6.45) is 8.14. The summed E-state index contributed by atoms with van der Waals surface area (Å²) < 4.78 is 0. The van der Waals surface area contributed by atoms with Gasteiger partial charge in [0, 0.05) is 0 Å². The van der Waals surface area contributed by atoms with Crippen molar-refractivity contribution in [3.05, 3.63) is 94.1 Å². The fourth-order valence-electron chi connectivity index (χ4n) is 3.43. The fraction of sp³-hybridized carbons (Fsp3) is 0.192. The predicted molar refractivity (Wildman–Crippen MR) is 118 cm³/mol. The monoisotopic (exact) mass is 370 g/mol. The molecular formula is C26H26O2. The number of carboxylic acid groups (broad SMARTS) is 1. The summed E-state index contributed by atoms with van der Waals surface area (Å²) >= 11 is 0. The Bertz CT molecular complexity index is 1020. The molecule has 0 fully saturated rings. The number of aromatic carboxylic acids is 1. The normalized spacial score (nSPS) is 11.9. The minimum absolute atomic E-state index is 0.301. The van der Waals surface area contributed by atoms with Crippen molar-refractivity contribution < 1.29 is 9.90 Å². The molecule has 0 amide bonds. The molecule has 2 aliphatic carbocycles. The average molecular weight is 370 g/mol. The van der Waals surface area contributed by atoms with Gasteiger partial charge >= 0.3 is 5.97 Å². The van der Waals surface area contributed by atoms with E-state index in [4.69, 9.17) is 5.11 Å². The summed E-state index contributed by atoms with van der Waals surface area (Å²) in [5.74, 6) is -0.406. The highest BCUT2D eigenvalue weighted by Crippen LogP contribution is 2.36. The average Bonchev–Trinajstić information content (AvgIpc) is 2.85. The number of rotatable bonds is 5. The summed E-state index contributed by atoms with van der Waals surface area (Å²) in [6, 6.07) is 15.9. The van der Waals surface area contributed by atoms with Crippen LogP contribution < -0.4 is 0 Å². The van der Waals surface area contributed by atoms with Gasteiger partial charge in [0.25, 0.3) is 0 Å². The zero-order chi connectivity index (χ0) is 20.3. The van der Waals surface area contributed by atoms with Gasteiger partial charge in [-0.15, -0.1) is 0 Å². The molecule has 0 heterocycles. The summed E-state index contributed by atoms with van der Waals surface area (Å²) in [6.45, 7) is 8.79. The molecule has 2 nitrogen and oxygen atoms in total. The minimum Gasteiger partial charge on any atom is -0.478 e. The van der Waals surface area contributed by atoms with E-state index < -0.39 is 5.97 Å². The molecule has 1 aromatic carbocycles. The Morgan fingerprint density at radius 2 is 1.57 bits per heavy atom. The standard InChI is InChI=1S/C26H26O2/c1-17(2)22-12-9-18(3)25-23(15-19(4)24(25)16-22)8-6-5-7-20-10-13-21(14-11-20)26(27)28/h5-17H,1-4H3,(H,27,28)/b7-5+,8-6+. The Hall–Kier alpha value is -3.13. The van der Waals surface area contributed by atoms with Gasteiger partial charge < -0.3 is 5.11 Å². The van der Waals surface area contributed by atoms with Gasteiger partial charge in [0.05, 0.1) is 5.56 Å². The maximum Gasteiger partial charge on any atom is 0.335 e. The molecule has 2 heteroatoms. The third-order valence-corrected chi connectivity index (χ3v) is 5.09. The first kappa shape index (κ1) is 19.6. The summed E-state index contributed by atoms with van der Waals surface area (Å²) in [4.78, 5) is 10.9. The van der Waals surface area contributed by atoms with Crippen molar-refractivity contribution >= 4 is 18.1 Å². The second kappa shape index (κ2) is 8.26. The molecular weight excluding hydrogens is 344 g/mol. The van der Waals surface area contributed by atoms with Crippen molar-refractivity contribution in [1.82, 2.24) is 0 Å². The van der Waals surface area contributed by atoms with Gasteiger partial charge in [-0.1, -0.05) is 74.5 Å². The lowest BCUT2D eigenvalue weighted by Gasteiger charge is -2.04. The van der Waals surface area contributed by atoms with Gasteiger partial charge in [0.1, 0.15) is 0 Å². The van der Waals surface area contributed by atoms with Gasteiger partial charge in [-0.3, -0.25) is 0 Å². The van der Waals surface area contributed by atoms with E-state index in [2.05, 4.69) is 58.0 Å². The van der Waals surface area contributed by atoms with E-state index in [1.165, 1.54) is 33.4 Å². The van der Waals surface area contributed by atoms with Gasteiger partial charge in [-0.2, -0.15) is 0 Å². The van der Waals surface area contributed by atoms with Crippen LogP contribution in [-0.2, 0) is 0 Å². The number of aryl methyl sites for hydroxylation is 2. The second-order valence-corrected chi connectivity index (χ2v) is 7.53. The van der Waals surface area contributed by atoms with Crippen LogP contribution in [0.15, 0.2) is 60.7 Å². The first-order valence-corrected chi connectivity index (χ1v) is 9.59. The molecule has 3 rings (SSSR count). The van der Waals surface area contributed by atoms with E-state index in [0.717, 1.165) is 5.56 Å². The lowest BCUT2D eigenvalue weighted by molar-refractivity contribution is 0.0697. The van der Waals surface area contributed by atoms with Crippen LogP contribution in [0.3, 0.4) is 0 Å². The highest BCUT2D eigenvalue weighted by Gasteiger charge is 2.14. The van der Waals surface area contributed by atoms with Crippen LogP contribution in [0.4, 0.5) is 0 Å². The SMILES string of the molecule is Cc1cc(/C=C/C=C/c2ccc(C(=O)O)cc2)c2c(C)ccc(C(C)C)cc1-2. The third kappa shape index (κ3) is 4.23. The van der Waals surface area contributed by atoms with Gasteiger partial charge in [-0.25, -0.2) is 4.79 Å². The Morgan fingerprint density at radius 3 is 2.21 bits per heavy atom. The summed E-state index contributed by atoms with van der Waals surface area (Å²) in [5, 5.41) is 8.96. The quantitative estimate of drug-likeness (QED) is 0.493. The van der Waals surface area contributed by atoms with E-state index >= 15 is 0 Å². The van der Waals surface area contributed by atoms with Crippen LogP contribution in [-0.4, -0.2) is 11.1 Å². The molecule has 0 spiro atoms. The molecule has 0 atom stereocenters. The molecule has 28 heavy (non-hydrogen) atoms. The molecule has 1 N–H and O–H groups in total. The lowest BCUT2D eigenvalue weighted by Crippen LogP contribution is -1.94. The highest BCUT2D eigenvalue weighted by atomic mass is 16.4. The number of hydrogen-bond acceptors (Lipinski definition) is 1. The van der Waals surface area contributed by atoms with Crippen molar-refractivity contribution in [3.8, 4) is 11.1 Å². The molecule has 0 aliphatic heterocycles. The zero-order valence-corrected chi connectivity index (χ0v) is 16.9. The molecule has 0 saturated heterocycles. The molecule has 0 radical (unpaired) electrons. The maximum absolute atomic E-state index is 10.9. The Balaban J connectivity index is 1.86. The Labute approximate surface area is 167 Å². The predicted octanol–water partition coefficient (Wildman–Crippen LogP) is 6.96. The minimum atomic E-state index is -0.905. The van der Waals surface area contributed by atoms with E-state index in [-0.39, 0.29) is 0 Å². The van der Waals surface area contributed by atoms with Crippen molar-refractivity contribution in [1.29, 1.82) is 0 Å². The Morgan fingerprint density at radius 1 is 0.893 bits per heavy atom. The van der Waals surface area contributed by atoms with E-state index in [0.29, 0.717) is 11.5 Å². The summed E-state index contributed by atoms with van der Waals surface area (Å²) in [7, 11) is 0. The van der Waals surface area contributed by atoms with Crippen molar-refractivity contribution in [2.45, 2.75) is 33.6 Å². The first-order chi connectivity index (χ1) is 13.4. The number of hydrogen-bond donors (Lipinski definition) is 1. The Kier molecular flexibility index (Phi) is 5.79. The summed E-state index contributed by atoms with van der Waals surface area (Å²) in [5.41, 5.74) is 9.05. The zero-order valence-electron chi connectivity index (χ0n) is 16.9. The van der Waals surface area contributed by atoms with Crippen LogP contribution in [0.1, 0.15) is 57.9 Å². The van der Waals surface area contributed by atoms with Gasteiger partial charge in [-0.05, 0) is 70.8 Å². The molecule has 142 valence electrons. The number of fused-ring (bicyclic) bond motifs is 1. The second-order valence-electron chi connectivity index (χ2n) is 7.53. The highest BCUT2D eigenvalue weighted by molar-refractivity contribution is 5.88. The number of carboxylic acids is 1. The van der Waals surface area contributed by atoms with E-state index in [1.807, 2.05) is 30.4 Å². The molecule has 0 unspecified atom stereocenters. The molecule has 1 aromatic rings. The molecule has 0 saturated carbocycles. The smallest absolute Gasteiger partial charge is 0.335 e. The lowest BCUT2D eigenvalue weighted by atomic mass is 10.0. The van der Waals surface area contributed by atoms with Crippen molar-refractivity contribution in [2.75, 3.05) is 0 Å². The maximum atomic E-state index is 10.9. The van der Waals surface area contributed by atoms with Crippen LogP contribution in [0, 0.1) is 13.8 Å². The van der Waals surface area contributed by atoms with Gasteiger partial charge in [0.2, 0.25) is 0 Å². The fourth-order valence-corrected chi connectivity index (χ4v) is 3.43. The largest absolute Gasteiger partial charge is 0.478 e. The van der Waals surface area contributed by atoms with Crippen molar-refractivity contribution in [2.24, 2.45) is 0 Å². The molecule has 2 aliphatic rings. The van der Waals surface area contributed by atoms with E-state index in [1.54, 1.807) is 12.1 Å². The molecule has 0 bridgehead atoms. The number of benzene rings is 1.